The number of H-pyrrole nitrogens is 1. The third-order valence-electron chi connectivity index (χ3n) is 5.90. The summed E-state index contributed by atoms with van der Waals surface area (Å²) in [5.74, 6) is -0.231. The number of aromatic amines is 1. The van der Waals surface area contributed by atoms with Crippen LogP contribution >= 0.6 is 11.3 Å². The number of esters is 1. The summed E-state index contributed by atoms with van der Waals surface area (Å²) in [6, 6.07) is 5.34. The van der Waals surface area contributed by atoms with Crippen LogP contribution in [0.2, 0.25) is 0 Å². The SMILES string of the molecule is CCOC(=O)c1cccc2nc(N3CC[C@@H](NC(=O)c4nc(C)c(CC)[nH]4)[C@@H](OC)C3)sc12. The maximum Gasteiger partial charge on any atom is 0.339 e. The lowest BCUT2D eigenvalue weighted by Crippen LogP contribution is -2.55. The number of imidazole rings is 1. The first-order valence-corrected chi connectivity index (χ1v) is 12.0. The summed E-state index contributed by atoms with van der Waals surface area (Å²) in [4.78, 5) is 39.4. The molecule has 0 unspecified atom stereocenters. The van der Waals surface area contributed by atoms with E-state index in [1.807, 2.05) is 26.0 Å². The van der Waals surface area contributed by atoms with Gasteiger partial charge in [-0.2, -0.15) is 0 Å². The molecule has 3 heterocycles. The second kappa shape index (κ2) is 9.88. The topological polar surface area (TPSA) is 109 Å². The van der Waals surface area contributed by atoms with Crippen LogP contribution in [0.1, 0.15) is 52.6 Å². The predicted octanol–water partition coefficient (Wildman–Crippen LogP) is 3.09. The van der Waals surface area contributed by atoms with E-state index in [0.717, 1.165) is 33.2 Å². The number of aryl methyl sites for hydroxylation is 2. The predicted molar refractivity (Wildman–Crippen MR) is 127 cm³/mol. The molecule has 0 radical (unpaired) electrons. The van der Waals surface area contributed by atoms with E-state index in [4.69, 9.17) is 14.5 Å². The summed E-state index contributed by atoms with van der Waals surface area (Å²) in [6.45, 7) is 7.32. The van der Waals surface area contributed by atoms with Gasteiger partial charge in [0.1, 0.15) is 0 Å². The van der Waals surface area contributed by atoms with Gasteiger partial charge in [-0.05, 0) is 38.8 Å². The zero-order valence-corrected chi connectivity index (χ0v) is 20.1. The molecule has 0 bridgehead atoms. The van der Waals surface area contributed by atoms with Crippen LogP contribution in [0.3, 0.4) is 0 Å². The van der Waals surface area contributed by atoms with Gasteiger partial charge in [-0.1, -0.05) is 24.3 Å². The Balaban J connectivity index is 1.48. The van der Waals surface area contributed by atoms with Gasteiger partial charge in [0.2, 0.25) is 0 Å². The number of anilines is 1. The van der Waals surface area contributed by atoms with Crippen LogP contribution in [-0.2, 0) is 15.9 Å². The minimum Gasteiger partial charge on any atom is -0.462 e. The van der Waals surface area contributed by atoms with Gasteiger partial charge in [0, 0.05) is 25.9 Å². The van der Waals surface area contributed by atoms with Gasteiger partial charge in [-0.3, -0.25) is 4.79 Å². The number of hydrogen-bond acceptors (Lipinski definition) is 8. The number of nitrogens with one attached hydrogen (secondary N) is 2. The zero-order valence-electron chi connectivity index (χ0n) is 19.3. The molecule has 4 rings (SSSR count). The van der Waals surface area contributed by atoms with E-state index < -0.39 is 0 Å². The number of hydrogen-bond donors (Lipinski definition) is 2. The fourth-order valence-corrected chi connectivity index (χ4v) is 5.22. The lowest BCUT2D eigenvalue weighted by molar-refractivity contribution is 0.0528. The van der Waals surface area contributed by atoms with Gasteiger partial charge in [0.05, 0.1) is 40.2 Å². The Kier molecular flexibility index (Phi) is 6.94. The molecule has 1 fully saturated rings. The number of nitrogens with zero attached hydrogens (tertiary/aromatic N) is 3. The van der Waals surface area contributed by atoms with E-state index >= 15 is 0 Å². The minimum absolute atomic E-state index is 0.140. The van der Waals surface area contributed by atoms with Crippen molar-refractivity contribution in [2.75, 3.05) is 31.7 Å². The Bertz CT molecular complexity index is 1160. The van der Waals surface area contributed by atoms with Crippen LogP contribution in [0.25, 0.3) is 10.2 Å². The van der Waals surface area contributed by atoms with Crippen LogP contribution in [0, 0.1) is 6.92 Å². The maximum atomic E-state index is 12.8. The molecule has 0 spiro atoms. The van der Waals surface area contributed by atoms with Crippen LogP contribution < -0.4 is 10.2 Å². The molecule has 1 aromatic carbocycles. The summed E-state index contributed by atoms with van der Waals surface area (Å²) in [6.07, 6.45) is 1.29. The molecule has 0 aliphatic carbocycles. The number of carbonyl (C=O) groups excluding carboxylic acids is 2. The maximum absolute atomic E-state index is 12.8. The molecule has 1 aliphatic heterocycles. The largest absolute Gasteiger partial charge is 0.462 e. The van der Waals surface area contributed by atoms with E-state index in [2.05, 4.69) is 20.2 Å². The number of benzene rings is 1. The lowest BCUT2D eigenvalue weighted by Gasteiger charge is -2.37. The fourth-order valence-electron chi connectivity index (χ4n) is 4.12. The Morgan fingerprint density at radius 1 is 1.30 bits per heavy atom. The highest BCUT2D eigenvalue weighted by Crippen LogP contribution is 2.33. The average molecular weight is 472 g/mol. The van der Waals surface area contributed by atoms with Gasteiger partial charge < -0.3 is 24.7 Å². The fraction of sp³-hybridized carbons (Fsp3) is 0.478. The molecule has 33 heavy (non-hydrogen) atoms. The molecular formula is C23H29N5O4S. The second-order valence-corrected chi connectivity index (χ2v) is 8.94. The first-order chi connectivity index (χ1) is 15.9. The van der Waals surface area contributed by atoms with E-state index in [0.29, 0.717) is 37.5 Å². The molecule has 2 aromatic heterocycles. The third-order valence-corrected chi connectivity index (χ3v) is 7.07. The molecule has 1 aliphatic rings. The highest BCUT2D eigenvalue weighted by atomic mass is 32.1. The first-order valence-electron chi connectivity index (χ1n) is 11.2. The molecule has 9 nitrogen and oxygen atoms in total. The van der Waals surface area contributed by atoms with Crippen molar-refractivity contribution in [1.82, 2.24) is 20.3 Å². The van der Waals surface area contributed by atoms with Gasteiger partial charge in [-0.15, -0.1) is 0 Å². The van der Waals surface area contributed by atoms with Crippen molar-refractivity contribution >= 4 is 38.6 Å². The van der Waals surface area contributed by atoms with Crippen molar-refractivity contribution in [2.45, 2.75) is 45.8 Å². The number of thiazole rings is 1. The summed E-state index contributed by atoms with van der Waals surface area (Å²) in [7, 11) is 1.65. The molecule has 1 saturated heterocycles. The van der Waals surface area contributed by atoms with Gasteiger partial charge in [0.15, 0.2) is 11.0 Å². The van der Waals surface area contributed by atoms with Crippen LogP contribution in [-0.4, -0.2) is 65.8 Å². The Labute approximate surface area is 196 Å². The minimum atomic E-state index is -0.339. The summed E-state index contributed by atoms with van der Waals surface area (Å²) in [5.41, 5.74) is 3.11. The highest BCUT2D eigenvalue weighted by molar-refractivity contribution is 7.22. The Hall–Kier alpha value is -2.98. The van der Waals surface area contributed by atoms with Crippen molar-refractivity contribution in [3.8, 4) is 0 Å². The lowest BCUT2D eigenvalue weighted by atomic mass is 10.0. The van der Waals surface area contributed by atoms with Gasteiger partial charge in [-0.25, -0.2) is 14.8 Å². The summed E-state index contributed by atoms with van der Waals surface area (Å²) in [5, 5.41) is 3.90. The molecule has 2 atom stereocenters. The van der Waals surface area contributed by atoms with Crippen LogP contribution in [0.4, 0.5) is 5.13 Å². The highest BCUT2D eigenvalue weighted by Gasteiger charge is 2.33. The van der Waals surface area contributed by atoms with E-state index in [9.17, 15) is 9.59 Å². The van der Waals surface area contributed by atoms with Crippen molar-refractivity contribution in [2.24, 2.45) is 0 Å². The number of methoxy groups -OCH3 is 1. The number of carbonyl (C=O) groups is 2. The smallest absolute Gasteiger partial charge is 0.339 e. The number of rotatable bonds is 7. The van der Waals surface area contributed by atoms with Gasteiger partial charge in [0.25, 0.3) is 5.91 Å². The number of fused-ring (bicyclic) bond motifs is 1. The summed E-state index contributed by atoms with van der Waals surface area (Å²) >= 11 is 1.47. The van der Waals surface area contributed by atoms with Crippen LogP contribution in [0.15, 0.2) is 18.2 Å². The zero-order chi connectivity index (χ0) is 23.5. The molecule has 2 N–H and O–H groups in total. The number of aromatic nitrogens is 3. The Morgan fingerprint density at radius 3 is 2.82 bits per heavy atom. The quantitative estimate of drug-likeness (QED) is 0.510. The summed E-state index contributed by atoms with van der Waals surface area (Å²) < 4.78 is 11.7. The second-order valence-electron chi connectivity index (χ2n) is 7.96. The van der Waals surface area contributed by atoms with Crippen LogP contribution in [0.5, 0.6) is 0 Å². The first kappa shape index (κ1) is 23.2. The van der Waals surface area contributed by atoms with Crippen molar-refractivity contribution < 1.29 is 19.1 Å². The van der Waals surface area contributed by atoms with Crippen molar-refractivity contribution in [3.63, 3.8) is 0 Å². The van der Waals surface area contributed by atoms with E-state index in [1.165, 1.54) is 11.3 Å². The number of ether oxygens (including phenoxy) is 2. The molecular weight excluding hydrogens is 442 g/mol. The monoisotopic (exact) mass is 471 g/mol. The van der Waals surface area contributed by atoms with Crippen molar-refractivity contribution in [1.29, 1.82) is 0 Å². The molecule has 3 aromatic rings. The molecule has 176 valence electrons. The van der Waals surface area contributed by atoms with E-state index in [1.54, 1.807) is 20.1 Å². The number of amides is 1. The Morgan fingerprint density at radius 2 is 2.12 bits per heavy atom. The third kappa shape index (κ3) is 4.72. The standard InChI is InChI=1S/C23H29N5O4S/c1-5-15-13(3)24-20(25-15)21(29)26-16-10-11-28(12-18(16)31-4)23-27-17-9-7-8-14(19(17)33-23)22(30)32-6-2/h7-9,16,18H,5-6,10-12H2,1-4H3,(H,24,25)(H,26,29)/t16-,18+/m1/s1. The molecule has 10 heteroatoms. The normalized spacial score (nSPS) is 18.5. The number of piperidine rings is 1. The average Bonchev–Trinajstić information content (AvgIpc) is 3.42. The molecule has 0 saturated carbocycles. The van der Waals surface area contributed by atoms with E-state index in [-0.39, 0.29) is 24.0 Å². The van der Waals surface area contributed by atoms with Crippen molar-refractivity contribution in [3.05, 3.63) is 41.0 Å². The molecule has 1 amide bonds. The van der Waals surface area contributed by atoms with Gasteiger partial charge >= 0.3 is 5.97 Å².